The number of hydrogen-bond acceptors (Lipinski definition) is 4. The average molecular weight is 270 g/mol. The molecule has 0 saturated carbocycles. The number of carboxylic acids is 1. The molecule has 1 aliphatic rings. The van der Waals surface area contributed by atoms with Crippen LogP contribution in [0, 0.1) is 0 Å². The lowest BCUT2D eigenvalue weighted by molar-refractivity contribution is 0.0697. The summed E-state index contributed by atoms with van der Waals surface area (Å²) in [5.74, 6) is -0.656. The van der Waals surface area contributed by atoms with Crippen molar-refractivity contribution in [1.82, 2.24) is 9.88 Å². The fourth-order valence-electron chi connectivity index (χ4n) is 2.19. The molecular weight excluding hydrogens is 254 g/mol. The van der Waals surface area contributed by atoms with Gasteiger partial charge in [-0.3, -0.25) is 0 Å². The van der Waals surface area contributed by atoms with Crippen molar-refractivity contribution >= 4 is 23.4 Å². The quantitative estimate of drug-likeness (QED) is 0.818. The Morgan fingerprint density at radius 3 is 3.06 bits per heavy atom. The van der Waals surface area contributed by atoms with Crippen LogP contribution in [0.2, 0.25) is 5.15 Å². The second-order valence-electron chi connectivity index (χ2n) is 4.49. The van der Waals surface area contributed by atoms with E-state index in [0.717, 1.165) is 13.0 Å². The highest BCUT2D eigenvalue weighted by Gasteiger charge is 2.21. The summed E-state index contributed by atoms with van der Waals surface area (Å²) < 4.78 is 0. The lowest BCUT2D eigenvalue weighted by Crippen LogP contribution is -2.32. The molecule has 0 radical (unpaired) electrons. The molecule has 1 aromatic rings. The van der Waals surface area contributed by atoms with E-state index in [0.29, 0.717) is 23.6 Å². The van der Waals surface area contributed by atoms with Gasteiger partial charge in [0.05, 0.1) is 0 Å². The maximum absolute atomic E-state index is 11.1. The summed E-state index contributed by atoms with van der Waals surface area (Å²) in [7, 11) is 2.07. The first kappa shape index (κ1) is 13.1. The lowest BCUT2D eigenvalue weighted by atomic mass is 10.2. The number of likely N-dealkylation sites (tertiary alicyclic amines) is 1. The number of nitrogens with one attached hydrogen (secondary N) is 1. The number of nitrogens with zero attached hydrogens (tertiary/aromatic N) is 2. The van der Waals surface area contributed by atoms with Gasteiger partial charge in [0, 0.05) is 12.6 Å². The molecule has 2 rings (SSSR count). The normalized spacial score (nSPS) is 20.0. The largest absolute Gasteiger partial charge is 0.478 e. The molecule has 1 aromatic heterocycles. The Labute approximate surface area is 111 Å². The maximum Gasteiger partial charge on any atom is 0.339 e. The summed E-state index contributed by atoms with van der Waals surface area (Å²) in [6, 6.07) is 3.38. The standard InChI is InChI=1S/C12H16ClN3O2/c1-16-6-2-3-8(16)7-14-11-9(12(17)18)4-5-10(13)15-11/h4-5,8H,2-3,6-7H2,1H3,(H,14,15)(H,17,18). The number of hydrogen-bond donors (Lipinski definition) is 2. The number of halogens is 1. The van der Waals surface area contributed by atoms with E-state index in [-0.39, 0.29) is 5.56 Å². The average Bonchev–Trinajstić information content (AvgIpc) is 2.72. The van der Waals surface area contributed by atoms with Gasteiger partial charge in [0.15, 0.2) is 0 Å². The van der Waals surface area contributed by atoms with Crippen molar-refractivity contribution in [3.05, 3.63) is 22.8 Å². The van der Waals surface area contributed by atoms with Crippen LogP contribution >= 0.6 is 11.6 Å². The predicted molar refractivity (Wildman–Crippen MR) is 70.3 cm³/mol. The minimum Gasteiger partial charge on any atom is -0.478 e. The van der Waals surface area contributed by atoms with Gasteiger partial charge in [-0.05, 0) is 38.6 Å². The van der Waals surface area contributed by atoms with Crippen LogP contribution in [-0.4, -0.2) is 47.1 Å². The van der Waals surface area contributed by atoms with Crippen molar-refractivity contribution in [2.24, 2.45) is 0 Å². The molecule has 2 heterocycles. The second-order valence-corrected chi connectivity index (χ2v) is 4.88. The molecule has 6 heteroatoms. The Bertz CT molecular complexity index is 453. The number of likely N-dealkylation sites (N-methyl/N-ethyl adjacent to an activating group) is 1. The Morgan fingerprint density at radius 1 is 1.67 bits per heavy atom. The van der Waals surface area contributed by atoms with Crippen molar-refractivity contribution in [2.45, 2.75) is 18.9 Å². The van der Waals surface area contributed by atoms with E-state index in [9.17, 15) is 4.79 Å². The molecule has 0 bridgehead atoms. The number of pyridine rings is 1. The van der Waals surface area contributed by atoms with E-state index >= 15 is 0 Å². The van der Waals surface area contributed by atoms with Crippen LogP contribution in [0.25, 0.3) is 0 Å². The van der Waals surface area contributed by atoms with Crippen molar-refractivity contribution in [1.29, 1.82) is 0 Å². The second kappa shape index (κ2) is 5.54. The number of rotatable bonds is 4. The van der Waals surface area contributed by atoms with Gasteiger partial charge in [-0.25, -0.2) is 9.78 Å². The molecule has 18 heavy (non-hydrogen) atoms. The molecule has 1 saturated heterocycles. The van der Waals surface area contributed by atoms with Crippen molar-refractivity contribution in [3.63, 3.8) is 0 Å². The lowest BCUT2D eigenvalue weighted by Gasteiger charge is -2.20. The summed E-state index contributed by atoms with van der Waals surface area (Å²) in [5.41, 5.74) is 0.153. The zero-order valence-corrected chi connectivity index (χ0v) is 10.9. The molecule has 0 amide bonds. The van der Waals surface area contributed by atoms with E-state index in [2.05, 4.69) is 22.2 Å². The van der Waals surface area contributed by atoms with E-state index < -0.39 is 5.97 Å². The van der Waals surface area contributed by atoms with Gasteiger partial charge in [0.1, 0.15) is 16.5 Å². The number of carbonyl (C=O) groups is 1. The highest BCUT2D eigenvalue weighted by molar-refractivity contribution is 6.29. The Morgan fingerprint density at radius 2 is 2.44 bits per heavy atom. The monoisotopic (exact) mass is 269 g/mol. The number of aromatic carboxylic acids is 1. The van der Waals surface area contributed by atoms with Gasteiger partial charge in [-0.15, -0.1) is 0 Å². The predicted octanol–water partition coefficient (Wildman–Crippen LogP) is 1.94. The first-order valence-electron chi connectivity index (χ1n) is 5.92. The van der Waals surface area contributed by atoms with Crippen LogP contribution in [-0.2, 0) is 0 Å². The Hall–Kier alpha value is -1.33. The minimum absolute atomic E-state index is 0.153. The molecule has 1 fully saturated rings. The molecule has 0 spiro atoms. The van der Waals surface area contributed by atoms with Crippen LogP contribution < -0.4 is 5.32 Å². The van der Waals surface area contributed by atoms with E-state index in [1.165, 1.54) is 18.6 Å². The van der Waals surface area contributed by atoms with Crippen LogP contribution in [0.5, 0.6) is 0 Å². The highest BCUT2D eigenvalue weighted by atomic mass is 35.5. The first-order chi connectivity index (χ1) is 8.58. The van der Waals surface area contributed by atoms with Gasteiger partial charge < -0.3 is 15.3 Å². The molecule has 1 unspecified atom stereocenters. The maximum atomic E-state index is 11.1. The zero-order valence-electron chi connectivity index (χ0n) is 10.2. The fraction of sp³-hybridized carbons (Fsp3) is 0.500. The fourth-order valence-corrected chi connectivity index (χ4v) is 2.34. The number of aromatic nitrogens is 1. The topological polar surface area (TPSA) is 65.5 Å². The molecule has 0 aliphatic carbocycles. The molecule has 5 nitrogen and oxygen atoms in total. The van der Waals surface area contributed by atoms with Crippen LogP contribution in [0.4, 0.5) is 5.82 Å². The van der Waals surface area contributed by atoms with Crippen LogP contribution in [0.15, 0.2) is 12.1 Å². The zero-order chi connectivity index (χ0) is 13.1. The van der Waals surface area contributed by atoms with E-state index in [1.807, 2.05) is 0 Å². The van der Waals surface area contributed by atoms with Crippen LogP contribution in [0.1, 0.15) is 23.2 Å². The number of anilines is 1. The van der Waals surface area contributed by atoms with Gasteiger partial charge in [-0.1, -0.05) is 11.6 Å². The van der Waals surface area contributed by atoms with Gasteiger partial charge in [0.25, 0.3) is 0 Å². The molecule has 0 aromatic carbocycles. The van der Waals surface area contributed by atoms with Crippen molar-refractivity contribution < 1.29 is 9.90 Å². The smallest absolute Gasteiger partial charge is 0.339 e. The third-order valence-electron chi connectivity index (χ3n) is 3.27. The van der Waals surface area contributed by atoms with Gasteiger partial charge in [0.2, 0.25) is 0 Å². The Kier molecular flexibility index (Phi) is 4.04. The van der Waals surface area contributed by atoms with E-state index in [4.69, 9.17) is 16.7 Å². The summed E-state index contributed by atoms with van der Waals surface area (Å²) in [4.78, 5) is 17.4. The summed E-state index contributed by atoms with van der Waals surface area (Å²) in [5, 5.41) is 12.5. The highest BCUT2D eigenvalue weighted by Crippen LogP contribution is 2.19. The van der Waals surface area contributed by atoms with Crippen molar-refractivity contribution in [2.75, 3.05) is 25.5 Å². The van der Waals surface area contributed by atoms with Gasteiger partial charge >= 0.3 is 5.97 Å². The summed E-state index contributed by atoms with van der Waals surface area (Å²) in [6.45, 7) is 1.77. The molecule has 1 atom stereocenters. The first-order valence-corrected chi connectivity index (χ1v) is 6.29. The number of carboxylic acid groups (broad SMARTS) is 1. The Balaban J connectivity index is 2.08. The molecule has 1 aliphatic heterocycles. The molecule has 98 valence electrons. The van der Waals surface area contributed by atoms with Crippen LogP contribution in [0.3, 0.4) is 0 Å². The van der Waals surface area contributed by atoms with E-state index in [1.54, 1.807) is 0 Å². The summed E-state index contributed by atoms with van der Waals surface area (Å²) in [6.07, 6.45) is 2.30. The summed E-state index contributed by atoms with van der Waals surface area (Å²) >= 11 is 5.79. The minimum atomic E-state index is -0.999. The third-order valence-corrected chi connectivity index (χ3v) is 3.48. The SMILES string of the molecule is CN1CCCC1CNc1nc(Cl)ccc1C(=O)O. The van der Waals surface area contributed by atoms with Gasteiger partial charge in [-0.2, -0.15) is 0 Å². The third kappa shape index (κ3) is 2.91. The molecule has 2 N–H and O–H groups in total. The van der Waals surface area contributed by atoms with Crippen molar-refractivity contribution in [3.8, 4) is 0 Å². The molecular formula is C12H16ClN3O2.